The molecule has 2 bridgehead atoms. The third kappa shape index (κ3) is 3.75. The molecule has 2 saturated heterocycles. The normalized spacial score (nSPS) is 25.4. The average Bonchev–Trinajstić information content (AvgIpc) is 3.22. The van der Waals surface area contributed by atoms with Crippen LogP contribution in [0.3, 0.4) is 0 Å². The molecule has 1 aromatic carbocycles. The van der Waals surface area contributed by atoms with Gasteiger partial charge in [-0.15, -0.1) is 10.2 Å². The summed E-state index contributed by atoms with van der Waals surface area (Å²) >= 11 is 0. The van der Waals surface area contributed by atoms with Crippen molar-refractivity contribution >= 4 is 5.82 Å². The predicted octanol–water partition coefficient (Wildman–Crippen LogP) is 2.15. The van der Waals surface area contributed by atoms with E-state index in [2.05, 4.69) is 20.6 Å². The standard InChI is InChI=1S/C22H25FN6O2/c1-28-10-14(9-24-28)13-3-4-16(20(30)7-13)17-5-6-21(27-26-17)29(2)19-8-15-11-31-12-18(25-15)22(19)23/h3-7,9-10,15,18-19,22,25,30H,8,11-12H2,1-2H3/t15?,18?,19-,22+/m1/s1. The Hall–Kier alpha value is -3.04. The van der Waals surface area contributed by atoms with Crippen molar-refractivity contribution in [2.75, 3.05) is 25.2 Å². The largest absolute Gasteiger partial charge is 0.507 e. The number of aromatic hydroxyl groups is 1. The maximum Gasteiger partial charge on any atom is 0.151 e. The topological polar surface area (TPSA) is 88.3 Å². The molecule has 2 aromatic heterocycles. The SMILES string of the molecule is CN(c1ccc(-c2ccc(-c3cnn(C)c3)cc2O)nn1)[C@@H]1CC2COCC(N2)[C@@H]1F. The van der Waals surface area contributed by atoms with Gasteiger partial charge in [0.1, 0.15) is 11.9 Å². The van der Waals surface area contributed by atoms with Crippen molar-refractivity contribution in [1.82, 2.24) is 25.3 Å². The minimum absolute atomic E-state index is 0.117. The number of rotatable bonds is 4. The van der Waals surface area contributed by atoms with E-state index in [1.54, 1.807) is 23.0 Å². The first-order valence-electron chi connectivity index (χ1n) is 10.4. The summed E-state index contributed by atoms with van der Waals surface area (Å²) in [7, 11) is 3.70. The maximum atomic E-state index is 15.0. The van der Waals surface area contributed by atoms with Gasteiger partial charge in [-0.3, -0.25) is 4.68 Å². The van der Waals surface area contributed by atoms with Gasteiger partial charge < -0.3 is 20.1 Å². The van der Waals surface area contributed by atoms with Gasteiger partial charge in [-0.1, -0.05) is 6.07 Å². The highest BCUT2D eigenvalue weighted by Gasteiger charge is 2.42. The molecule has 2 aliphatic rings. The van der Waals surface area contributed by atoms with Crippen molar-refractivity contribution < 1.29 is 14.2 Å². The summed E-state index contributed by atoms with van der Waals surface area (Å²) in [4.78, 5) is 1.86. The fourth-order valence-corrected chi connectivity index (χ4v) is 4.44. The second kappa shape index (κ2) is 7.90. The molecule has 0 spiro atoms. The molecule has 0 amide bonds. The first-order valence-corrected chi connectivity index (χ1v) is 10.4. The van der Waals surface area contributed by atoms with Crippen molar-refractivity contribution in [3.63, 3.8) is 0 Å². The molecule has 4 heterocycles. The van der Waals surface area contributed by atoms with Crippen LogP contribution in [0.2, 0.25) is 0 Å². The van der Waals surface area contributed by atoms with Crippen molar-refractivity contribution in [3.05, 3.63) is 42.7 Å². The van der Waals surface area contributed by atoms with Crippen molar-refractivity contribution in [1.29, 1.82) is 0 Å². The van der Waals surface area contributed by atoms with Crippen molar-refractivity contribution in [2.45, 2.75) is 30.7 Å². The number of hydrogen-bond acceptors (Lipinski definition) is 7. The molecule has 2 fully saturated rings. The number of aryl methyl sites for hydroxylation is 1. The molecule has 3 aromatic rings. The van der Waals surface area contributed by atoms with Gasteiger partial charge in [-0.2, -0.15) is 5.10 Å². The number of halogens is 1. The van der Waals surface area contributed by atoms with E-state index >= 15 is 0 Å². The fourth-order valence-electron chi connectivity index (χ4n) is 4.44. The Balaban J connectivity index is 1.35. The second-order valence-electron chi connectivity index (χ2n) is 8.28. The minimum atomic E-state index is -1.05. The molecule has 4 atom stereocenters. The number of hydrogen-bond donors (Lipinski definition) is 2. The third-order valence-electron chi connectivity index (χ3n) is 6.17. The van der Waals surface area contributed by atoms with Gasteiger partial charge >= 0.3 is 0 Å². The van der Waals surface area contributed by atoms with Crippen LogP contribution in [0.1, 0.15) is 6.42 Å². The summed E-state index contributed by atoms with van der Waals surface area (Å²) in [6.45, 7) is 0.993. The zero-order chi connectivity index (χ0) is 21.5. The third-order valence-corrected chi connectivity index (χ3v) is 6.17. The molecule has 8 nitrogen and oxygen atoms in total. The number of phenolic OH excluding ortho intramolecular Hbond substituents is 1. The number of aromatic nitrogens is 4. The number of anilines is 1. The number of nitrogens with zero attached hydrogens (tertiary/aromatic N) is 5. The van der Waals surface area contributed by atoms with Crippen molar-refractivity contribution in [3.8, 4) is 28.1 Å². The summed E-state index contributed by atoms with van der Waals surface area (Å²) in [5.74, 6) is 0.718. The van der Waals surface area contributed by atoms with Crippen LogP contribution >= 0.6 is 0 Å². The van der Waals surface area contributed by atoms with E-state index in [4.69, 9.17) is 4.74 Å². The minimum Gasteiger partial charge on any atom is -0.507 e. The summed E-state index contributed by atoms with van der Waals surface area (Å²) in [5, 5.41) is 26.6. The van der Waals surface area contributed by atoms with Crippen LogP contribution in [-0.4, -0.2) is 69.6 Å². The van der Waals surface area contributed by atoms with E-state index in [1.165, 1.54) is 0 Å². The quantitative estimate of drug-likeness (QED) is 0.664. The highest BCUT2D eigenvalue weighted by Crippen LogP contribution is 2.33. The Morgan fingerprint density at radius 2 is 2.06 bits per heavy atom. The lowest BCUT2D eigenvalue weighted by molar-refractivity contribution is -0.0175. The van der Waals surface area contributed by atoms with Crippen LogP contribution in [0, 0.1) is 0 Å². The van der Waals surface area contributed by atoms with Crippen LogP contribution in [0.4, 0.5) is 10.2 Å². The molecule has 2 unspecified atom stereocenters. The van der Waals surface area contributed by atoms with E-state index in [0.717, 1.165) is 11.1 Å². The van der Waals surface area contributed by atoms with E-state index in [-0.39, 0.29) is 23.9 Å². The number of piperidine rings is 1. The van der Waals surface area contributed by atoms with E-state index in [1.807, 2.05) is 43.4 Å². The van der Waals surface area contributed by atoms with E-state index in [9.17, 15) is 9.50 Å². The number of fused-ring (bicyclic) bond motifs is 2. The molecule has 0 radical (unpaired) electrons. The van der Waals surface area contributed by atoms with Gasteiger partial charge in [0, 0.05) is 37.5 Å². The molecule has 0 saturated carbocycles. The smallest absolute Gasteiger partial charge is 0.151 e. The van der Waals surface area contributed by atoms with E-state index < -0.39 is 6.17 Å². The van der Waals surface area contributed by atoms with Crippen LogP contribution in [0.5, 0.6) is 5.75 Å². The monoisotopic (exact) mass is 424 g/mol. The predicted molar refractivity (Wildman–Crippen MR) is 115 cm³/mol. The summed E-state index contributed by atoms with van der Waals surface area (Å²) in [6, 6.07) is 8.62. The number of nitrogens with one attached hydrogen (secondary N) is 1. The summed E-state index contributed by atoms with van der Waals surface area (Å²) in [6.07, 6.45) is 3.23. The van der Waals surface area contributed by atoms with Gasteiger partial charge in [0.15, 0.2) is 5.82 Å². The van der Waals surface area contributed by atoms with Gasteiger partial charge in [-0.05, 0) is 36.2 Å². The molecule has 9 heteroatoms. The average molecular weight is 424 g/mol. The van der Waals surface area contributed by atoms with Gasteiger partial charge in [-0.25, -0.2) is 4.39 Å². The van der Waals surface area contributed by atoms with Crippen molar-refractivity contribution in [2.24, 2.45) is 7.05 Å². The molecular weight excluding hydrogens is 399 g/mol. The lowest BCUT2D eigenvalue weighted by Crippen LogP contribution is -2.65. The number of alkyl halides is 1. The lowest BCUT2D eigenvalue weighted by atomic mass is 9.90. The molecule has 162 valence electrons. The molecule has 0 aliphatic carbocycles. The number of benzene rings is 1. The highest BCUT2D eigenvalue weighted by atomic mass is 19.1. The summed E-state index contributed by atoms with van der Waals surface area (Å²) in [5.41, 5.74) is 2.93. The second-order valence-corrected chi connectivity index (χ2v) is 8.28. The zero-order valence-electron chi connectivity index (χ0n) is 17.4. The van der Waals surface area contributed by atoms with Crippen LogP contribution in [0.15, 0.2) is 42.7 Å². The highest BCUT2D eigenvalue weighted by molar-refractivity contribution is 5.73. The van der Waals surface area contributed by atoms with Gasteiger partial charge in [0.2, 0.25) is 0 Å². The van der Waals surface area contributed by atoms with Crippen LogP contribution in [-0.2, 0) is 11.8 Å². The molecular formula is C22H25FN6O2. The Morgan fingerprint density at radius 1 is 1.19 bits per heavy atom. The van der Waals surface area contributed by atoms with Crippen LogP contribution < -0.4 is 10.2 Å². The summed E-state index contributed by atoms with van der Waals surface area (Å²) < 4.78 is 22.2. The number of phenols is 1. The Labute approximate surface area is 179 Å². The lowest BCUT2D eigenvalue weighted by Gasteiger charge is -2.45. The van der Waals surface area contributed by atoms with Gasteiger partial charge in [0.05, 0.1) is 37.2 Å². The molecule has 2 aliphatic heterocycles. The first kappa shape index (κ1) is 19.9. The molecule has 5 rings (SSSR count). The van der Waals surface area contributed by atoms with Gasteiger partial charge in [0.25, 0.3) is 0 Å². The van der Waals surface area contributed by atoms with E-state index in [0.29, 0.717) is 36.7 Å². The Kier molecular flexibility index (Phi) is 5.07. The Bertz CT molecular complexity index is 1070. The first-order chi connectivity index (χ1) is 15.0. The fraction of sp³-hybridized carbons (Fsp3) is 0.409. The maximum absolute atomic E-state index is 15.0. The Morgan fingerprint density at radius 3 is 2.77 bits per heavy atom. The number of ether oxygens (including phenoxy) is 1. The zero-order valence-corrected chi connectivity index (χ0v) is 17.4. The number of morpholine rings is 1. The molecule has 31 heavy (non-hydrogen) atoms. The molecule has 2 N–H and O–H groups in total. The van der Waals surface area contributed by atoms with Crippen LogP contribution in [0.25, 0.3) is 22.4 Å².